The second-order valence-corrected chi connectivity index (χ2v) is 4.22. The highest BCUT2D eigenvalue weighted by Crippen LogP contribution is 2.32. The van der Waals surface area contributed by atoms with Gasteiger partial charge in [0, 0.05) is 11.1 Å². The van der Waals surface area contributed by atoms with Crippen molar-refractivity contribution in [3.05, 3.63) is 65.0 Å². The molecule has 1 aromatic rings. The predicted octanol–water partition coefficient (Wildman–Crippen LogP) is 4.53. The molecule has 0 aliphatic heterocycles. The molecule has 1 aliphatic carbocycles. The highest BCUT2D eigenvalue weighted by Gasteiger charge is 2.32. The van der Waals surface area contributed by atoms with Crippen molar-refractivity contribution in [2.24, 2.45) is 0 Å². The van der Waals surface area contributed by atoms with Gasteiger partial charge >= 0.3 is 6.18 Å². The zero-order chi connectivity index (χ0) is 14.8. The van der Waals surface area contributed by atoms with Crippen LogP contribution in [0.15, 0.2) is 48.1 Å². The number of benzene rings is 1. The van der Waals surface area contributed by atoms with Crippen LogP contribution < -0.4 is 0 Å². The quantitative estimate of drug-likeness (QED) is 0.693. The largest absolute Gasteiger partial charge is 0.412 e. The van der Waals surface area contributed by atoms with Gasteiger partial charge in [0.25, 0.3) is 0 Å². The van der Waals surface area contributed by atoms with E-state index < -0.39 is 17.6 Å². The molecule has 0 fully saturated rings. The van der Waals surface area contributed by atoms with Gasteiger partial charge in [-0.25, -0.2) is 4.39 Å². The predicted molar refractivity (Wildman–Crippen MR) is 67.0 cm³/mol. The number of hydrogen-bond donors (Lipinski definition) is 0. The molecule has 0 aromatic heterocycles. The molecule has 1 nitrogen and oxygen atoms in total. The summed E-state index contributed by atoms with van der Waals surface area (Å²) in [6.07, 6.45) is 0.384. The van der Waals surface area contributed by atoms with Crippen LogP contribution >= 0.6 is 0 Å². The Morgan fingerprint density at radius 2 is 1.90 bits per heavy atom. The Hall–Kier alpha value is -2.35. The van der Waals surface area contributed by atoms with Gasteiger partial charge in [-0.2, -0.15) is 18.4 Å². The number of halogens is 4. The lowest BCUT2D eigenvalue weighted by Crippen LogP contribution is -2.10. The number of rotatable bonds is 1. The van der Waals surface area contributed by atoms with E-state index in [-0.39, 0.29) is 17.5 Å². The molecule has 0 spiro atoms. The van der Waals surface area contributed by atoms with Gasteiger partial charge in [0.2, 0.25) is 0 Å². The molecule has 0 atom stereocenters. The Morgan fingerprint density at radius 3 is 2.55 bits per heavy atom. The summed E-state index contributed by atoms with van der Waals surface area (Å²) in [5, 5.41) is 8.97. The van der Waals surface area contributed by atoms with Crippen LogP contribution in [0.25, 0.3) is 5.57 Å². The summed E-state index contributed by atoms with van der Waals surface area (Å²) < 4.78 is 51.1. The van der Waals surface area contributed by atoms with Gasteiger partial charge in [0.15, 0.2) is 0 Å². The maximum atomic E-state index is 13.2. The molecule has 0 N–H and O–H groups in total. The van der Waals surface area contributed by atoms with Gasteiger partial charge in [-0.05, 0) is 30.2 Å². The van der Waals surface area contributed by atoms with Crippen molar-refractivity contribution in [2.75, 3.05) is 0 Å². The smallest absolute Gasteiger partial charge is 0.207 e. The zero-order valence-electron chi connectivity index (χ0n) is 10.2. The van der Waals surface area contributed by atoms with Crippen LogP contribution in [0.5, 0.6) is 0 Å². The number of nitrogens with zero attached hydrogens (tertiary/aromatic N) is 1. The first-order valence-electron chi connectivity index (χ1n) is 5.76. The molecule has 20 heavy (non-hydrogen) atoms. The Labute approximate surface area is 113 Å². The average molecular weight is 279 g/mol. The van der Waals surface area contributed by atoms with Gasteiger partial charge in [-0.3, -0.25) is 0 Å². The van der Waals surface area contributed by atoms with Crippen LogP contribution in [-0.4, -0.2) is 6.18 Å². The van der Waals surface area contributed by atoms with Gasteiger partial charge in [0.1, 0.15) is 5.82 Å². The molecule has 0 saturated heterocycles. The third kappa shape index (κ3) is 2.97. The van der Waals surface area contributed by atoms with E-state index in [0.29, 0.717) is 5.57 Å². The lowest BCUT2D eigenvalue weighted by atomic mass is 9.99. The van der Waals surface area contributed by atoms with Gasteiger partial charge in [-0.1, -0.05) is 24.3 Å². The van der Waals surface area contributed by atoms with Crippen molar-refractivity contribution in [3.63, 3.8) is 0 Å². The highest BCUT2D eigenvalue weighted by atomic mass is 19.4. The van der Waals surface area contributed by atoms with E-state index in [2.05, 4.69) is 0 Å². The van der Waals surface area contributed by atoms with Crippen molar-refractivity contribution < 1.29 is 17.6 Å². The molecule has 5 heteroatoms. The van der Waals surface area contributed by atoms with Crippen LogP contribution in [-0.2, 0) is 0 Å². The minimum Gasteiger partial charge on any atom is -0.207 e. The highest BCUT2D eigenvalue weighted by molar-refractivity contribution is 5.79. The molecule has 0 saturated carbocycles. The van der Waals surface area contributed by atoms with Gasteiger partial charge in [0.05, 0.1) is 11.6 Å². The monoisotopic (exact) mass is 279 g/mol. The van der Waals surface area contributed by atoms with E-state index in [9.17, 15) is 17.6 Å². The van der Waals surface area contributed by atoms with E-state index in [0.717, 1.165) is 18.2 Å². The standard InChI is InChI=1S/C15H9F4N/c16-13-7-5-11(9-20)14(8-13)10-2-1-3-12(6-4-10)15(17,18)19/h1-2,4-8H,3H2. The van der Waals surface area contributed by atoms with Crippen molar-refractivity contribution in [2.45, 2.75) is 12.6 Å². The minimum atomic E-state index is -4.39. The maximum Gasteiger partial charge on any atom is 0.412 e. The minimum absolute atomic E-state index is 0.214. The molecule has 102 valence electrons. The first kappa shape index (κ1) is 14.1. The fraction of sp³-hybridized carbons (Fsp3) is 0.133. The molecule has 0 bridgehead atoms. The van der Waals surface area contributed by atoms with E-state index in [1.165, 1.54) is 24.3 Å². The summed E-state index contributed by atoms with van der Waals surface area (Å²) in [6, 6.07) is 5.48. The normalized spacial score (nSPS) is 15.2. The van der Waals surface area contributed by atoms with Crippen LogP contribution in [0.3, 0.4) is 0 Å². The number of nitriles is 1. The van der Waals surface area contributed by atoms with Crippen molar-refractivity contribution in [1.29, 1.82) is 5.26 Å². The first-order chi connectivity index (χ1) is 9.41. The molecule has 1 aliphatic rings. The average Bonchev–Trinajstić information content (AvgIpc) is 2.63. The number of alkyl halides is 3. The summed E-state index contributed by atoms with van der Waals surface area (Å²) in [4.78, 5) is 0. The zero-order valence-corrected chi connectivity index (χ0v) is 10.2. The Balaban J connectivity index is 2.49. The summed E-state index contributed by atoms with van der Waals surface area (Å²) in [7, 11) is 0. The van der Waals surface area contributed by atoms with Crippen LogP contribution in [0.2, 0.25) is 0 Å². The molecular formula is C15H9F4N. The Kier molecular flexibility index (Phi) is 3.75. The van der Waals surface area contributed by atoms with E-state index >= 15 is 0 Å². The second-order valence-electron chi connectivity index (χ2n) is 4.22. The SMILES string of the molecule is N#Cc1ccc(F)cc1C1=CC=C(C(F)(F)F)CC=C1. The molecular weight excluding hydrogens is 270 g/mol. The van der Waals surface area contributed by atoms with E-state index in [1.807, 2.05) is 6.07 Å². The lowest BCUT2D eigenvalue weighted by molar-refractivity contribution is -0.0928. The fourth-order valence-corrected chi connectivity index (χ4v) is 1.87. The van der Waals surface area contributed by atoms with Crippen molar-refractivity contribution >= 4 is 5.57 Å². The van der Waals surface area contributed by atoms with E-state index in [1.54, 1.807) is 0 Å². The number of hydrogen-bond acceptors (Lipinski definition) is 1. The molecule has 1 aromatic carbocycles. The first-order valence-corrected chi connectivity index (χ1v) is 5.76. The van der Waals surface area contributed by atoms with Crippen molar-refractivity contribution in [1.82, 2.24) is 0 Å². The summed E-state index contributed by atoms with van der Waals surface area (Å²) in [5.74, 6) is -0.544. The molecule has 0 amide bonds. The third-order valence-corrected chi connectivity index (χ3v) is 2.88. The summed E-state index contributed by atoms with van der Waals surface area (Å²) in [5.41, 5.74) is 0.188. The molecule has 0 unspecified atom stereocenters. The second kappa shape index (κ2) is 5.33. The lowest BCUT2D eigenvalue weighted by Gasteiger charge is -2.07. The molecule has 0 radical (unpaired) electrons. The van der Waals surface area contributed by atoms with Gasteiger partial charge < -0.3 is 0 Å². The number of allylic oxidation sites excluding steroid dienone is 6. The van der Waals surface area contributed by atoms with Gasteiger partial charge in [-0.15, -0.1) is 0 Å². The third-order valence-electron chi connectivity index (χ3n) is 2.88. The van der Waals surface area contributed by atoms with E-state index in [4.69, 9.17) is 5.26 Å². The summed E-state index contributed by atoms with van der Waals surface area (Å²) in [6.45, 7) is 0. The van der Waals surface area contributed by atoms with Crippen LogP contribution in [0.1, 0.15) is 17.5 Å². The fourth-order valence-electron chi connectivity index (χ4n) is 1.87. The maximum absolute atomic E-state index is 13.2. The topological polar surface area (TPSA) is 23.8 Å². The Bertz CT molecular complexity index is 657. The molecule has 2 rings (SSSR count). The molecule has 0 heterocycles. The summed E-state index contributed by atoms with van der Waals surface area (Å²) >= 11 is 0. The van der Waals surface area contributed by atoms with Crippen LogP contribution in [0, 0.1) is 17.1 Å². The van der Waals surface area contributed by atoms with Crippen molar-refractivity contribution in [3.8, 4) is 6.07 Å². The van der Waals surface area contributed by atoms with Crippen LogP contribution in [0.4, 0.5) is 17.6 Å². The Morgan fingerprint density at radius 1 is 1.15 bits per heavy atom.